The Morgan fingerprint density at radius 3 is 2.65 bits per heavy atom. The Morgan fingerprint density at radius 2 is 2.04 bits per heavy atom. The normalized spacial score (nSPS) is 30.1. The van der Waals surface area contributed by atoms with Crippen LogP contribution < -0.4 is 5.32 Å². The number of aryl methyl sites for hydroxylation is 1. The van der Waals surface area contributed by atoms with Crippen LogP contribution in [0.15, 0.2) is 29.3 Å². The number of rotatable bonds is 2. The number of hydrogen-bond donors (Lipinski definition) is 1. The molecule has 1 aromatic carbocycles. The number of carbonyl (C=O) groups is 2. The van der Waals surface area contributed by atoms with Gasteiger partial charge in [-0.2, -0.15) is 0 Å². The van der Waals surface area contributed by atoms with Crippen LogP contribution in [-0.4, -0.2) is 53.2 Å². The van der Waals surface area contributed by atoms with Gasteiger partial charge in [-0.1, -0.05) is 19.1 Å². The Balaban J connectivity index is 1.46. The van der Waals surface area contributed by atoms with E-state index in [-0.39, 0.29) is 17.9 Å². The largest absolute Gasteiger partial charge is 0.324 e. The van der Waals surface area contributed by atoms with Crippen molar-refractivity contribution in [1.82, 2.24) is 9.80 Å². The molecular weight excluding hydrogens is 328 g/mol. The molecule has 1 spiro atoms. The molecule has 2 aliphatic heterocycles. The Morgan fingerprint density at radius 1 is 1.31 bits per heavy atom. The topological polar surface area (TPSA) is 65.0 Å². The molecule has 6 nitrogen and oxygen atoms in total. The number of urea groups is 1. The van der Waals surface area contributed by atoms with E-state index >= 15 is 0 Å². The van der Waals surface area contributed by atoms with Crippen molar-refractivity contribution < 1.29 is 9.59 Å². The highest BCUT2D eigenvalue weighted by Gasteiger charge is 2.60. The van der Waals surface area contributed by atoms with E-state index in [1.165, 1.54) is 5.56 Å². The summed E-state index contributed by atoms with van der Waals surface area (Å²) in [5.74, 6) is 1.37. The van der Waals surface area contributed by atoms with Crippen molar-refractivity contribution in [3.63, 3.8) is 0 Å². The van der Waals surface area contributed by atoms with Gasteiger partial charge in [0.2, 0.25) is 0 Å². The van der Waals surface area contributed by atoms with E-state index in [0.717, 1.165) is 30.8 Å². The molecule has 2 fully saturated rings. The average molecular weight is 354 g/mol. The van der Waals surface area contributed by atoms with Gasteiger partial charge in [0.15, 0.2) is 0 Å². The summed E-state index contributed by atoms with van der Waals surface area (Å²) in [6.45, 7) is 5.30. The number of aliphatic imine (C=N–C) groups is 1. The zero-order valence-electron chi connectivity index (χ0n) is 15.7. The number of anilines is 1. The van der Waals surface area contributed by atoms with E-state index in [1.54, 1.807) is 11.9 Å². The van der Waals surface area contributed by atoms with E-state index in [9.17, 15) is 9.59 Å². The Bertz CT molecular complexity index is 773. The first-order valence-corrected chi connectivity index (χ1v) is 9.44. The minimum atomic E-state index is -0.638. The molecule has 2 heterocycles. The maximum Gasteiger partial charge on any atom is 0.321 e. The predicted octanol–water partition coefficient (Wildman–Crippen LogP) is 2.75. The van der Waals surface area contributed by atoms with Crippen LogP contribution in [0.5, 0.6) is 0 Å². The highest BCUT2D eigenvalue weighted by atomic mass is 16.2. The lowest BCUT2D eigenvalue weighted by Crippen LogP contribution is -2.46. The standard InChI is InChI=1S/C20H26N4O2/c1-4-14-5-7-16(8-6-14)21-19(26)24-11-15-9-10-20(17(15)12-24)18(25)23(3)13(2)22-20/h5-8,15,17H,4,9-12H2,1-3H3,(H,21,26)/t15-,17+,20-/m1/s1. The Labute approximate surface area is 154 Å². The van der Waals surface area contributed by atoms with Crippen molar-refractivity contribution >= 4 is 23.5 Å². The second kappa shape index (κ2) is 6.11. The third-order valence-corrected chi connectivity index (χ3v) is 6.37. The second-order valence-electron chi connectivity index (χ2n) is 7.74. The molecule has 1 aromatic rings. The van der Waals surface area contributed by atoms with Gasteiger partial charge in [0, 0.05) is 31.7 Å². The molecule has 3 atom stereocenters. The van der Waals surface area contributed by atoms with Gasteiger partial charge in [-0.15, -0.1) is 0 Å². The van der Waals surface area contributed by atoms with Crippen LogP contribution in [0.4, 0.5) is 10.5 Å². The highest BCUT2D eigenvalue weighted by molar-refractivity contribution is 6.07. The molecule has 0 aromatic heterocycles. The minimum Gasteiger partial charge on any atom is -0.324 e. The lowest BCUT2D eigenvalue weighted by atomic mass is 9.85. The lowest BCUT2D eigenvalue weighted by Gasteiger charge is -2.27. The van der Waals surface area contributed by atoms with Crippen molar-refractivity contribution in [1.29, 1.82) is 0 Å². The smallest absolute Gasteiger partial charge is 0.321 e. The monoisotopic (exact) mass is 354 g/mol. The van der Waals surface area contributed by atoms with E-state index in [1.807, 2.05) is 36.1 Å². The number of amidine groups is 1. The summed E-state index contributed by atoms with van der Waals surface area (Å²) in [7, 11) is 1.79. The summed E-state index contributed by atoms with van der Waals surface area (Å²) in [5, 5.41) is 2.99. The quantitative estimate of drug-likeness (QED) is 0.887. The summed E-state index contributed by atoms with van der Waals surface area (Å²) in [6.07, 6.45) is 2.74. The van der Waals surface area contributed by atoms with Crippen LogP contribution in [0.2, 0.25) is 0 Å². The number of nitrogens with one attached hydrogen (secondary N) is 1. The number of fused-ring (bicyclic) bond motifs is 2. The molecule has 1 N–H and O–H groups in total. The van der Waals surface area contributed by atoms with Crippen LogP contribution >= 0.6 is 0 Å². The van der Waals surface area contributed by atoms with Crippen molar-refractivity contribution in [2.45, 2.75) is 38.6 Å². The summed E-state index contributed by atoms with van der Waals surface area (Å²) >= 11 is 0. The zero-order chi connectivity index (χ0) is 18.5. The molecular formula is C20H26N4O2. The molecule has 1 saturated carbocycles. The van der Waals surface area contributed by atoms with Crippen LogP contribution in [0.25, 0.3) is 0 Å². The number of likely N-dealkylation sites (tertiary alicyclic amines) is 1. The van der Waals surface area contributed by atoms with Gasteiger partial charge in [0.25, 0.3) is 5.91 Å². The molecule has 138 valence electrons. The van der Waals surface area contributed by atoms with Gasteiger partial charge in [0.05, 0.1) is 0 Å². The number of carbonyl (C=O) groups excluding carboxylic acids is 2. The number of nitrogens with zero attached hydrogens (tertiary/aromatic N) is 3. The first-order valence-electron chi connectivity index (χ1n) is 9.44. The molecule has 6 heteroatoms. The second-order valence-corrected chi connectivity index (χ2v) is 7.74. The van der Waals surface area contributed by atoms with Crippen LogP contribution in [0.1, 0.15) is 32.3 Å². The van der Waals surface area contributed by atoms with Crippen molar-refractivity contribution in [2.24, 2.45) is 16.8 Å². The van der Waals surface area contributed by atoms with Gasteiger partial charge in [0.1, 0.15) is 11.4 Å². The van der Waals surface area contributed by atoms with E-state index in [0.29, 0.717) is 19.0 Å². The maximum absolute atomic E-state index is 12.8. The molecule has 4 rings (SSSR count). The maximum atomic E-state index is 12.8. The third kappa shape index (κ3) is 2.50. The fraction of sp³-hybridized carbons (Fsp3) is 0.550. The molecule has 3 amide bonds. The molecule has 1 aliphatic carbocycles. The summed E-state index contributed by atoms with van der Waals surface area (Å²) < 4.78 is 0. The fourth-order valence-electron chi connectivity index (χ4n) is 4.74. The van der Waals surface area contributed by atoms with Crippen molar-refractivity contribution in [3.05, 3.63) is 29.8 Å². The SMILES string of the molecule is CCc1ccc(NC(=O)N2C[C@H]3CC[C@@]4(N=C(C)N(C)C4=O)[C@H]3C2)cc1. The van der Waals surface area contributed by atoms with E-state index in [4.69, 9.17) is 4.99 Å². The first kappa shape index (κ1) is 17.1. The summed E-state index contributed by atoms with van der Waals surface area (Å²) in [4.78, 5) is 33.8. The number of likely N-dealkylation sites (N-methyl/N-ethyl adjacent to an activating group) is 1. The van der Waals surface area contributed by atoms with Gasteiger partial charge in [-0.05, 0) is 49.8 Å². The number of hydrogen-bond acceptors (Lipinski definition) is 3. The average Bonchev–Trinajstić information content (AvgIpc) is 3.27. The van der Waals surface area contributed by atoms with E-state index in [2.05, 4.69) is 12.2 Å². The van der Waals surface area contributed by atoms with Crippen LogP contribution in [0.3, 0.4) is 0 Å². The summed E-state index contributed by atoms with van der Waals surface area (Å²) in [5.41, 5.74) is 1.42. The molecule has 0 unspecified atom stereocenters. The first-order chi connectivity index (χ1) is 12.4. The molecule has 26 heavy (non-hydrogen) atoms. The summed E-state index contributed by atoms with van der Waals surface area (Å²) in [6, 6.07) is 7.87. The predicted molar refractivity (Wildman–Crippen MR) is 101 cm³/mol. The fourth-order valence-corrected chi connectivity index (χ4v) is 4.74. The van der Waals surface area contributed by atoms with Crippen molar-refractivity contribution in [3.8, 4) is 0 Å². The molecule has 3 aliphatic rings. The molecule has 1 saturated heterocycles. The lowest BCUT2D eigenvalue weighted by molar-refractivity contribution is -0.131. The van der Waals surface area contributed by atoms with Gasteiger partial charge in [-0.3, -0.25) is 9.79 Å². The third-order valence-electron chi connectivity index (χ3n) is 6.37. The van der Waals surface area contributed by atoms with E-state index < -0.39 is 5.54 Å². The van der Waals surface area contributed by atoms with Gasteiger partial charge in [-0.25, -0.2) is 4.79 Å². The Hall–Kier alpha value is -2.37. The molecule has 0 radical (unpaired) electrons. The number of benzene rings is 1. The Kier molecular flexibility index (Phi) is 4.01. The minimum absolute atomic E-state index is 0.0849. The van der Waals surface area contributed by atoms with Crippen molar-refractivity contribution in [2.75, 3.05) is 25.5 Å². The zero-order valence-corrected chi connectivity index (χ0v) is 15.7. The van der Waals surface area contributed by atoms with Crippen LogP contribution in [0, 0.1) is 11.8 Å². The van der Waals surface area contributed by atoms with Gasteiger partial charge >= 0.3 is 6.03 Å². The number of amides is 3. The molecule has 0 bridgehead atoms. The van der Waals surface area contributed by atoms with Crippen LogP contribution in [-0.2, 0) is 11.2 Å². The highest BCUT2D eigenvalue weighted by Crippen LogP contribution is 2.50. The van der Waals surface area contributed by atoms with Gasteiger partial charge < -0.3 is 15.1 Å².